The van der Waals surface area contributed by atoms with Crippen molar-refractivity contribution in [2.45, 2.75) is 57.3 Å². The van der Waals surface area contributed by atoms with Crippen LogP contribution in [0.4, 0.5) is 0 Å². The Morgan fingerprint density at radius 3 is 2.56 bits per heavy atom. The van der Waals surface area contributed by atoms with E-state index in [1.54, 1.807) is 0 Å². The van der Waals surface area contributed by atoms with E-state index in [2.05, 4.69) is 14.9 Å². The third-order valence-corrected chi connectivity index (χ3v) is 6.24. The molecule has 8 heteroatoms. The molecular weight excluding hydrogens is 342 g/mol. The van der Waals surface area contributed by atoms with Crippen LogP contribution in [0, 0.1) is 5.92 Å². The average molecular weight is 367 g/mol. The van der Waals surface area contributed by atoms with Gasteiger partial charge in [0.25, 0.3) is 5.91 Å². The Hall–Kier alpha value is -1.70. The van der Waals surface area contributed by atoms with Gasteiger partial charge in [0.1, 0.15) is 11.4 Å². The number of nitrogens with zero attached hydrogens (tertiary/aromatic N) is 2. The second-order valence-corrected chi connectivity index (χ2v) is 8.84. The van der Waals surface area contributed by atoms with Crippen molar-refractivity contribution in [3.05, 3.63) is 17.5 Å². The van der Waals surface area contributed by atoms with E-state index < -0.39 is 15.9 Å². The van der Waals surface area contributed by atoms with Crippen molar-refractivity contribution < 1.29 is 17.9 Å². The number of rotatable bonds is 7. The van der Waals surface area contributed by atoms with Crippen LogP contribution >= 0.6 is 0 Å². The molecule has 2 fully saturated rings. The van der Waals surface area contributed by atoms with Crippen molar-refractivity contribution in [2.75, 3.05) is 12.9 Å². The molecule has 3 rings (SSSR count). The average Bonchev–Trinajstić information content (AvgIpc) is 3.45. The minimum Gasteiger partial charge on any atom is -0.495 e. The topological polar surface area (TPSA) is 98.2 Å². The van der Waals surface area contributed by atoms with Crippen molar-refractivity contribution in [2.24, 2.45) is 5.92 Å². The zero-order valence-electron chi connectivity index (χ0n) is 14.5. The first-order valence-electron chi connectivity index (χ1n) is 8.95. The van der Waals surface area contributed by atoms with Crippen LogP contribution in [-0.4, -0.2) is 37.4 Å². The Morgan fingerprint density at radius 1 is 1.20 bits per heavy atom. The molecule has 2 aliphatic carbocycles. The van der Waals surface area contributed by atoms with Crippen molar-refractivity contribution >= 4 is 15.9 Å². The molecule has 0 radical (unpaired) electrons. The zero-order chi connectivity index (χ0) is 17.9. The van der Waals surface area contributed by atoms with Gasteiger partial charge in [-0.3, -0.25) is 4.79 Å². The Bertz CT molecular complexity index is 725. The van der Waals surface area contributed by atoms with Crippen LogP contribution in [0.1, 0.15) is 73.5 Å². The minimum atomic E-state index is -3.67. The summed E-state index contributed by atoms with van der Waals surface area (Å²) in [6.45, 7) is 0. The summed E-state index contributed by atoms with van der Waals surface area (Å²) >= 11 is 0. The molecule has 1 aromatic rings. The quantitative estimate of drug-likeness (QED) is 0.794. The van der Waals surface area contributed by atoms with Gasteiger partial charge < -0.3 is 4.74 Å². The second kappa shape index (κ2) is 7.68. The maximum absolute atomic E-state index is 12.2. The predicted molar refractivity (Wildman–Crippen MR) is 93.0 cm³/mol. The third kappa shape index (κ3) is 4.90. The number of carbonyl (C=O) groups excluding carboxylic acids is 1. The molecule has 0 atom stereocenters. The molecule has 0 bridgehead atoms. The van der Waals surface area contributed by atoms with Crippen LogP contribution < -0.4 is 9.46 Å². The molecule has 0 aromatic carbocycles. The highest BCUT2D eigenvalue weighted by atomic mass is 32.2. The van der Waals surface area contributed by atoms with E-state index >= 15 is 0 Å². The fourth-order valence-corrected chi connectivity index (χ4v) is 4.47. The summed E-state index contributed by atoms with van der Waals surface area (Å²) in [5.74, 6) is 0.477. The first-order valence-corrected chi connectivity index (χ1v) is 10.6. The van der Waals surface area contributed by atoms with Crippen LogP contribution in [0.15, 0.2) is 6.07 Å². The lowest BCUT2D eigenvalue weighted by Gasteiger charge is -2.21. The summed E-state index contributed by atoms with van der Waals surface area (Å²) in [6, 6.07) is 1.46. The van der Waals surface area contributed by atoms with Gasteiger partial charge in [-0.1, -0.05) is 32.1 Å². The molecule has 1 amide bonds. The molecule has 0 unspecified atom stereocenters. The summed E-state index contributed by atoms with van der Waals surface area (Å²) in [5.41, 5.74) is 0.696. The Labute approximate surface area is 148 Å². The summed E-state index contributed by atoms with van der Waals surface area (Å²) < 4.78 is 31.7. The normalized spacial score (nSPS) is 18.8. The van der Waals surface area contributed by atoms with Crippen LogP contribution in [0.2, 0.25) is 0 Å². The molecule has 138 valence electrons. The first kappa shape index (κ1) is 18.1. The van der Waals surface area contributed by atoms with E-state index in [0.717, 1.165) is 31.4 Å². The van der Waals surface area contributed by atoms with Gasteiger partial charge >= 0.3 is 0 Å². The van der Waals surface area contributed by atoms with Gasteiger partial charge in [-0.2, -0.15) is 5.10 Å². The molecule has 2 aliphatic rings. The second-order valence-electron chi connectivity index (χ2n) is 7.00. The summed E-state index contributed by atoms with van der Waals surface area (Å²) in [6.07, 6.45) is 8.39. The number of hydrogen-bond donors (Lipinski definition) is 1. The number of amides is 1. The zero-order valence-corrected chi connectivity index (χ0v) is 15.3. The summed E-state index contributed by atoms with van der Waals surface area (Å²) in [7, 11) is -2.16. The standard InChI is InChI=1S/C17H25N3O4S/c1-24-15-11-14(18-19-16(15)13-7-8-13)17(21)20-25(22,23)10-9-12-5-3-2-4-6-12/h11-13H,2-10H2,1H3,(H,20,21). The van der Waals surface area contributed by atoms with Gasteiger partial charge in [-0.05, 0) is 25.2 Å². The number of nitrogens with one attached hydrogen (secondary N) is 1. The molecule has 25 heavy (non-hydrogen) atoms. The van der Waals surface area contributed by atoms with Crippen LogP contribution in [0.25, 0.3) is 0 Å². The Balaban J connectivity index is 1.60. The highest BCUT2D eigenvalue weighted by Gasteiger charge is 2.30. The Kier molecular flexibility index (Phi) is 5.56. The van der Waals surface area contributed by atoms with Crippen LogP contribution in [0.5, 0.6) is 5.75 Å². The van der Waals surface area contributed by atoms with Gasteiger partial charge in [0.2, 0.25) is 10.0 Å². The van der Waals surface area contributed by atoms with Crippen molar-refractivity contribution in [3.8, 4) is 5.75 Å². The van der Waals surface area contributed by atoms with Crippen molar-refractivity contribution in [1.29, 1.82) is 0 Å². The van der Waals surface area contributed by atoms with Gasteiger partial charge in [0.05, 0.1) is 12.9 Å². The number of methoxy groups -OCH3 is 1. The largest absolute Gasteiger partial charge is 0.495 e. The lowest BCUT2D eigenvalue weighted by Crippen LogP contribution is -2.34. The lowest BCUT2D eigenvalue weighted by atomic mass is 9.88. The maximum atomic E-state index is 12.2. The van der Waals surface area contributed by atoms with E-state index in [4.69, 9.17) is 4.74 Å². The number of hydrogen-bond acceptors (Lipinski definition) is 6. The summed E-state index contributed by atoms with van der Waals surface area (Å²) in [5, 5.41) is 7.93. The van der Waals surface area contributed by atoms with E-state index in [-0.39, 0.29) is 11.4 Å². The summed E-state index contributed by atoms with van der Waals surface area (Å²) in [4.78, 5) is 12.2. The van der Waals surface area contributed by atoms with Gasteiger partial charge in [-0.25, -0.2) is 13.1 Å². The molecular formula is C17H25N3O4S. The van der Waals surface area contributed by atoms with E-state index in [1.807, 2.05) is 0 Å². The number of sulfonamides is 1. The van der Waals surface area contributed by atoms with E-state index in [9.17, 15) is 13.2 Å². The number of ether oxygens (including phenoxy) is 1. The van der Waals surface area contributed by atoms with Gasteiger partial charge in [0.15, 0.2) is 5.69 Å². The fraction of sp³-hybridized carbons (Fsp3) is 0.706. The minimum absolute atomic E-state index is 0.0336. The van der Waals surface area contributed by atoms with Crippen molar-refractivity contribution in [1.82, 2.24) is 14.9 Å². The van der Waals surface area contributed by atoms with Gasteiger partial charge in [0, 0.05) is 12.0 Å². The predicted octanol–water partition coefficient (Wildman–Crippen LogP) is 2.39. The fourth-order valence-electron chi connectivity index (χ4n) is 3.34. The Morgan fingerprint density at radius 2 is 1.92 bits per heavy atom. The molecule has 7 nitrogen and oxygen atoms in total. The highest BCUT2D eigenvalue weighted by Crippen LogP contribution is 2.42. The van der Waals surface area contributed by atoms with E-state index in [1.165, 1.54) is 32.4 Å². The SMILES string of the molecule is COc1cc(C(=O)NS(=O)(=O)CCC2CCCCC2)nnc1C1CC1. The van der Waals surface area contributed by atoms with Crippen LogP contribution in [-0.2, 0) is 10.0 Å². The number of aromatic nitrogens is 2. The lowest BCUT2D eigenvalue weighted by molar-refractivity contribution is 0.0975. The molecule has 1 N–H and O–H groups in total. The molecule has 0 spiro atoms. The monoisotopic (exact) mass is 367 g/mol. The van der Waals surface area contributed by atoms with Crippen molar-refractivity contribution in [3.63, 3.8) is 0 Å². The number of carbonyl (C=O) groups is 1. The molecule has 1 heterocycles. The molecule has 2 saturated carbocycles. The smallest absolute Gasteiger partial charge is 0.285 e. The van der Waals surface area contributed by atoms with Gasteiger partial charge in [-0.15, -0.1) is 5.10 Å². The maximum Gasteiger partial charge on any atom is 0.285 e. The first-order chi connectivity index (χ1) is 12.0. The third-order valence-electron chi connectivity index (χ3n) is 4.97. The molecule has 0 aliphatic heterocycles. The van der Waals surface area contributed by atoms with E-state index in [0.29, 0.717) is 24.0 Å². The highest BCUT2D eigenvalue weighted by molar-refractivity contribution is 7.90. The molecule has 1 aromatic heterocycles. The van der Waals surface area contributed by atoms with Crippen LogP contribution in [0.3, 0.4) is 0 Å². The molecule has 0 saturated heterocycles.